The summed E-state index contributed by atoms with van der Waals surface area (Å²) >= 11 is 12.4. The zero-order valence-corrected chi connectivity index (χ0v) is 16.3. The van der Waals surface area contributed by atoms with Crippen molar-refractivity contribution in [2.24, 2.45) is 0 Å². The minimum Gasteiger partial charge on any atom is -0.378 e. The Kier molecular flexibility index (Phi) is 5.61. The fourth-order valence-corrected chi connectivity index (χ4v) is 3.45. The number of halogens is 3. The first-order chi connectivity index (χ1) is 13.6. The summed E-state index contributed by atoms with van der Waals surface area (Å²) in [4.78, 5) is 2.11. The van der Waals surface area contributed by atoms with Crippen LogP contribution in [0.25, 0.3) is 5.69 Å². The molecule has 0 bridgehead atoms. The van der Waals surface area contributed by atoms with Crippen LogP contribution in [0.3, 0.4) is 0 Å². The number of anilines is 2. The van der Waals surface area contributed by atoms with Gasteiger partial charge in [0.05, 0.1) is 28.9 Å². The number of hydrogen-bond acceptors (Lipinski definition) is 6. The van der Waals surface area contributed by atoms with Crippen LogP contribution in [0, 0.1) is 5.82 Å². The van der Waals surface area contributed by atoms with E-state index in [-0.39, 0.29) is 5.82 Å². The van der Waals surface area contributed by atoms with Crippen molar-refractivity contribution in [3.05, 3.63) is 57.8 Å². The smallest absolute Gasteiger partial charge is 0.248 e. The highest BCUT2D eigenvalue weighted by Crippen LogP contribution is 2.29. The van der Waals surface area contributed by atoms with Gasteiger partial charge in [0.15, 0.2) is 0 Å². The monoisotopic (exact) mass is 422 g/mol. The molecule has 0 saturated carbocycles. The molecule has 3 aromatic rings. The molecule has 28 heavy (non-hydrogen) atoms. The van der Waals surface area contributed by atoms with Crippen LogP contribution in [0.4, 0.5) is 16.0 Å². The van der Waals surface area contributed by atoms with Gasteiger partial charge in [-0.25, -0.2) is 4.39 Å². The molecule has 1 aliphatic rings. The first kappa shape index (κ1) is 18.9. The Morgan fingerprint density at radius 1 is 1.11 bits per heavy atom. The average molecular weight is 423 g/mol. The number of ether oxygens (including phenoxy) is 1. The fourth-order valence-electron chi connectivity index (χ4n) is 3.07. The SMILES string of the molecule is Fc1ccc(CNc2nnnn2-c2cccc(Cl)c2Cl)c(N2CCOCC2)c1. The topological polar surface area (TPSA) is 68.1 Å². The number of aromatic nitrogens is 4. The van der Waals surface area contributed by atoms with Gasteiger partial charge in [-0.05, 0) is 40.3 Å². The Hall–Kier alpha value is -2.42. The summed E-state index contributed by atoms with van der Waals surface area (Å²) in [6, 6.07) is 9.97. The van der Waals surface area contributed by atoms with Gasteiger partial charge in [0.2, 0.25) is 5.95 Å². The Morgan fingerprint density at radius 2 is 1.93 bits per heavy atom. The summed E-state index contributed by atoms with van der Waals surface area (Å²) < 4.78 is 20.7. The lowest BCUT2D eigenvalue weighted by Gasteiger charge is -2.30. The van der Waals surface area contributed by atoms with Gasteiger partial charge in [0, 0.05) is 25.3 Å². The first-order valence-corrected chi connectivity index (χ1v) is 9.47. The summed E-state index contributed by atoms with van der Waals surface area (Å²) in [5.74, 6) is 0.127. The molecule has 0 atom stereocenters. The molecule has 0 radical (unpaired) electrons. The van der Waals surface area contributed by atoms with E-state index in [4.69, 9.17) is 27.9 Å². The largest absolute Gasteiger partial charge is 0.378 e. The molecule has 1 aliphatic heterocycles. The van der Waals surface area contributed by atoms with Crippen LogP contribution in [0.5, 0.6) is 0 Å². The number of nitrogens with one attached hydrogen (secondary N) is 1. The Morgan fingerprint density at radius 3 is 2.75 bits per heavy atom. The van der Waals surface area contributed by atoms with Gasteiger partial charge in [-0.3, -0.25) is 0 Å². The maximum Gasteiger partial charge on any atom is 0.248 e. The van der Waals surface area contributed by atoms with Gasteiger partial charge in [0.1, 0.15) is 5.82 Å². The molecule has 1 N–H and O–H groups in total. The zero-order valence-electron chi connectivity index (χ0n) is 14.8. The van der Waals surface area contributed by atoms with Crippen molar-refractivity contribution in [2.75, 3.05) is 36.5 Å². The summed E-state index contributed by atoms with van der Waals surface area (Å²) in [6.45, 7) is 3.08. The van der Waals surface area contributed by atoms with Crippen LogP contribution in [-0.4, -0.2) is 46.5 Å². The van der Waals surface area contributed by atoms with E-state index in [0.717, 1.165) is 11.3 Å². The molecule has 146 valence electrons. The summed E-state index contributed by atoms with van der Waals surface area (Å²) in [5.41, 5.74) is 2.32. The molecule has 1 saturated heterocycles. The van der Waals surface area contributed by atoms with E-state index < -0.39 is 0 Å². The normalized spacial score (nSPS) is 14.3. The maximum absolute atomic E-state index is 13.8. The molecular weight excluding hydrogens is 406 g/mol. The van der Waals surface area contributed by atoms with Gasteiger partial charge in [-0.15, -0.1) is 0 Å². The second-order valence-electron chi connectivity index (χ2n) is 6.21. The molecule has 10 heteroatoms. The minimum absolute atomic E-state index is 0.277. The van der Waals surface area contributed by atoms with E-state index in [2.05, 4.69) is 25.7 Å². The van der Waals surface area contributed by atoms with Crippen molar-refractivity contribution in [3.63, 3.8) is 0 Å². The number of morpholine rings is 1. The van der Waals surface area contributed by atoms with E-state index in [1.807, 2.05) is 0 Å². The van der Waals surface area contributed by atoms with E-state index >= 15 is 0 Å². The van der Waals surface area contributed by atoms with Gasteiger partial charge in [-0.1, -0.05) is 40.4 Å². The van der Waals surface area contributed by atoms with Crippen molar-refractivity contribution < 1.29 is 9.13 Å². The van der Waals surface area contributed by atoms with Crippen LogP contribution >= 0.6 is 23.2 Å². The Balaban J connectivity index is 1.58. The highest BCUT2D eigenvalue weighted by Gasteiger charge is 2.17. The molecule has 0 amide bonds. The lowest BCUT2D eigenvalue weighted by atomic mass is 10.1. The predicted octanol–water partition coefficient (Wildman–Crippen LogP) is 3.56. The Labute approximate surface area is 171 Å². The second kappa shape index (κ2) is 8.30. The third-order valence-electron chi connectivity index (χ3n) is 4.46. The van der Waals surface area contributed by atoms with Crippen LogP contribution in [0.1, 0.15) is 5.56 Å². The Bertz CT molecular complexity index is 976. The zero-order chi connectivity index (χ0) is 19.5. The third kappa shape index (κ3) is 3.89. The summed E-state index contributed by atoms with van der Waals surface area (Å²) in [5, 5.41) is 15.7. The van der Waals surface area contributed by atoms with Gasteiger partial charge in [-0.2, -0.15) is 4.68 Å². The minimum atomic E-state index is -0.277. The number of tetrazole rings is 1. The van der Waals surface area contributed by atoms with Crippen LogP contribution in [-0.2, 0) is 11.3 Å². The van der Waals surface area contributed by atoms with Crippen LogP contribution in [0.15, 0.2) is 36.4 Å². The molecule has 4 rings (SSSR count). The molecule has 1 aromatic heterocycles. The van der Waals surface area contributed by atoms with Crippen LogP contribution < -0.4 is 10.2 Å². The third-order valence-corrected chi connectivity index (χ3v) is 5.27. The second-order valence-corrected chi connectivity index (χ2v) is 7.00. The molecule has 0 unspecified atom stereocenters. The lowest BCUT2D eigenvalue weighted by molar-refractivity contribution is 0.122. The van der Waals surface area contributed by atoms with E-state index in [1.165, 1.54) is 10.7 Å². The molecule has 1 fully saturated rings. The van der Waals surface area contributed by atoms with Gasteiger partial charge in [0.25, 0.3) is 0 Å². The van der Waals surface area contributed by atoms with Crippen molar-refractivity contribution in [2.45, 2.75) is 6.54 Å². The molecule has 2 heterocycles. The number of nitrogens with zero attached hydrogens (tertiary/aromatic N) is 5. The van der Waals surface area contributed by atoms with Gasteiger partial charge < -0.3 is 15.0 Å². The van der Waals surface area contributed by atoms with Crippen molar-refractivity contribution >= 4 is 34.8 Å². The summed E-state index contributed by atoms with van der Waals surface area (Å²) in [7, 11) is 0. The number of benzene rings is 2. The first-order valence-electron chi connectivity index (χ1n) is 8.71. The van der Waals surface area contributed by atoms with Crippen molar-refractivity contribution in [1.82, 2.24) is 20.2 Å². The molecule has 2 aromatic carbocycles. The number of hydrogen-bond donors (Lipinski definition) is 1. The maximum atomic E-state index is 13.8. The molecule has 0 spiro atoms. The highest BCUT2D eigenvalue weighted by atomic mass is 35.5. The molecular formula is C18H17Cl2FN6O. The molecule has 0 aliphatic carbocycles. The summed E-state index contributed by atoms with van der Waals surface area (Å²) in [6.07, 6.45) is 0. The van der Waals surface area contributed by atoms with Crippen LogP contribution in [0.2, 0.25) is 10.0 Å². The van der Waals surface area contributed by atoms with E-state index in [1.54, 1.807) is 30.3 Å². The molecule has 7 nitrogen and oxygen atoms in total. The van der Waals surface area contributed by atoms with E-state index in [0.29, 0.717) is 54.5 Å². The number of rotatable bonds is 5. The average Bonchev–Trinajstić information content (AvgIpc) is 3.18. The van der Waals surface area contributed by atoms with E-state index in [9.17, 15) is 4.39 Å². The van der Waals surface area contributed by atoms with Crippen molar-refractivity contribution in [3.8, 4) is 5.69 Å². The van der Waals surface area contributed by atoms with Gasteiger partial charge >= 0.3 is 0 Å². The standard InChI is InChI=1S/C18H17Cl2FN6O/c19-14-2-1-3-15(17(14)20)27-18(23-24-25-27)22-11-12-4-5-13(21)10-16(12)26-6-8-28-9-7-26/h1-5,10H,6-9,11H2,(H,22,23,25). The lowest BCUT2D eigenvalue weighted by Crippen LogP contribution is -2.37. The fraction of sp³-hybridized carbons (Fsp3) is 0.278. The highest BCUT2D eigenvalue weighted by molar-refractivity contribution is 6.43. The predicted molar refractivity (Wildman–Crippen MR) is 106 cm³/mol. The van der Waals surface area contributed by atoms with Crippen molar-refractivity contribution in [1.29, 1.82) is 0 Å². The quantitative estimate of drug-likeness (QED) is 0.677.